The van der Waals surface area contributed by atoms with Gasteiger partial charge in [0.2, 0.25) is 11.9 Å². The van der Waals surface area contributed by atoms with Gasteiger partial charge in [0.15, 0.2) is 0 Å². The van der Waals surface area contributed by atoms with Gasteiger partial charge in [-0.15, -0.1) is 5.10 Å². The lowest BCUT2D eigenvalue weighted by Gasteiger charge is -2.17. The summed E-state index contributed by atoms with van der Waals surface area (Å²) in [6, 6.07) is 6.95. The van der Waals surface area contributed by atoms with E-state index in [1.54, 1.807) is 17.0 Å². The van der Waals surface area contributed by atoms with Crippen LogP contribution in [0.15, 0.2) is 24.3 Å². The molecule has 3 rings (SSSR count). The fraction of sp³-hybridized carbons (Fsp3) is 0.412. The van der Waals surface area contributed by atoms with Crippen LogP contribution in [0.25, 0.3) is 0 Å². The van der Waals surface area contributed by atoms with Gasteiger partial charge in [0.1, 0.15) is 6.04 Å². The Morgan fingerprint density at radius 2 is 1.88 bits per heavy atom. The highest BCUT2D eigenvalue weighted by Gasteiger charge is 2.33. The van der Waals surface area contributed by atoms with Crippen molar-refractivity contribution < 1.29 is 4.79 Å². The molecule has 1 unspecified atom stereocenters. The summed E-state index contributed by atoms with van der Waals surface area (Å²) < 4.78 is 0. The molecule has 1 N–H and O–H groups in total. The van der Waals surface area contributed by atoms with Crippen LogP contribution in [-0.2, 0) is 17.6 Å². The average molecular weight is 346 g/mol. The molecule has 6 nitrogen and oxygen atoms in total. The van der Waals surface area contributed by atoms with Crippen molar-refractivity contribution in [2.45, 2.75) is 39.2 Å². The minimum atomic E-state index is -0.334. The maximum absolute atomic E-state index is 12.6. The van der Waals surface area contributed by atoms with E-state index >= 15 is 0 Å². The highest BCUT2D eigenvalue weighted by molar-refractivity contribution is 6.30. The van der Waals surface area contributed by atoms with Crippen LogP contribution in [0.1, 0.15) is 31.7 Å². The maximum atomic E-state index is 12.6. The van der Waals surface area contributed by atoms with E-state index in [1.165, 1.54) is 0 Å². The fourth-order valence-corrected chi connectivity index (χ4v) is 2.97. The molecule has 0 aliphatic carbocycles. The Bertz CT molecular complexity index is 734. The first-order chi connectivity index (χ1) is 11.6. The smallest absolute Gasteiger partial charge is 0.249 e. The van der Waals surface area contributed by atoms with Crippen LogP contribution >= 0.6 is 11.6 Å². The number of rotatable bonds is 5. The Kier molecular flexibility index (Phi) is 4.94. The summed E-state index contributed by atoms with van der Waals surface area (Å²) in [6.45, 7) is 4.72. The summed E-state index contributed by atoms with van der Waals surface area (Å²) in [5, 5.41) is 12.1. The second kappa shape index (κ2) is 7.13. The first-order valence-electron chi connectivity index (χ1n) is 8.18. The Hall–Kier alpha value is -2.21. The monoisotopic (exact) mass is 345 g/mol. The number of aryl methyl sites for hydroxylation is 2. The highest BCUT2D eigenvalue weighted by atomic mass is 35.5. The molecule has 1 aliphatic rings. The van der Waals surface area contributed by atoms with Gasteiger partial charge in [-0.25, -0.2) is 4.98 Å². The summed E-state index contributed by atoms with van der Waals surface area (Å²) in [5.74, 6) is 0.430. The lowest BCUT2D eigenvalue weighted by atomic mass is 10.2. The molecule has 1 aromatic carbocycles. The van der Waals surface area contributed by atoms with Crippen molar-refractivity contribution in [1.82, 2.24) is 15.2 Å². The van der Waals surface area contributed by atoms with Crippen LogP contribution < -0.4 is 10.2 Å². The number of nitrogens with one attached hydrogen (secondary N) is 1. The molecule has 7 heteroatoms. The number of carbonyl (C=O) groups excluding carboxylic acids is 1. The van der Waals surface area contributed by atoms with E-state index in [-0.39, 0.29) is 11.9 Å². The van der Waals surface area contributed by atoms with Crippen LogP contribution in [0.3, 0.4) is 0 Å². The normalized spacial score (nSPS) is 17.4. The van der Waals surface area contributed by atoms with E-state index in [9.17, 15) is 4.79 Å². The second-order valence-corrected chi connectivity index (χ2v) is 6.12. The molecule has 0 radical (unpaired) electrons. The zero-order valence-corrected chi connectivity index (χ0v) is 14.5. The predicted molar refractivity (Wildman–Crippen MR) is 94.4 cm³/mol. The minimum Gasteiger partial charge on any atom is -0.341 e. The van der Waals surface area contributed by atoms with Crippen molar-refractivity contribution in [3.05, 3.63) is 40.7 Å². The number of nitrogens with zero attached hydrogens (tertiary/aromatic N) is 4. The third-order valence-corrected chi connectivity index (χ3v) is 4.41. The van der Waals surface area contributed by atoms with E-state index in [0.29, 0.717) is 23.9 Å². The maximum Gasteiger partial charge on any atom is 0.249 e. The number of anilines is 2. The average Bonchev–Trinajstić information content (AvgIpc) is 2.96. The van der Waals surface area contributed by atoms with Crippen LogP contribution in [0, 0.1) is 0 Å². The molecule has 1 amide bonds. The largest absolute Gasteiger partial charge is 0.341 e. The van der Waals surface area contributed by atoms with Crippen molar-refractivity contribution in [3.8, 4) is 0 Å². The molecular weight excluding hydrogens is 326 g/mol. The lowest BCUT2D eigenvalue weighted by molar-refractivity contribution is -0.117. The number of benzene rings is 1. The van der Waals surface area contributed by atoms with Crippen LogP contribution in [-0.4, -0.2) is 33.7 Å². The van der Waals surface area contributed by atoms with Gasteiger partial charge in [-0.05, 0) is 43.5 Å². The van der Waals surface area contributed by atoms with Crippen molar-refractivity contribution in [3.63, 3.8) is 0 Å². The first kappa shape index (κ1) is 16.6. The van der Waals surface area contributed by atoms with E-state index in [1.807, 2.05) is 26.0 Å². The number of aromatic nitrogens is 3. The number of carbonyl (C=O) groups is 1. The Labute approximate surface area is 146 Å². The predicted octanol–water partition coefficient (Wildman–Crippen LogP) is 2.87. The molecule has 2 aromatic rings. The molecule has 0 saturated carbocycles. The standard InChI is InChI=1S/C17H20ClN5O/c1-3-13-14(4-2)21-22-17(19-13)20-15-9-10-23(16(15)24)12-7-5-11(18)6-8-12/h5-8,15H,3-4,9-10H2,1-2H3,(H,19,20,22). The van der Waals surface area contributed by atoms with Gasteiger partial charge in [-0.1, -0.05) is 25.4 Å². The summed E-state index contributed by atoms with van der Waals surface area (Å²) in [4.78, 5) is 18.9. The van der Waals surface area contributed by atoms with E-state index in [0.717, 1.165) is 29.9 Å². The van der Waals surface area contributed by atoms with Crippen molar-refractivity contribution in [2.24, 2.45) is 0 Å². The third-order valence-electron chi connectivity index (χ3n) is 4.16. The number of hydrogen-bond donors (Lipinski definition) is 1. The van der Waals surface area contributed by atoms with Crippen LogP contribution in [0.5, 0.6) is 0 Å². The lowest BCUT2D eigenvalue weighted by Crippen LogP contribution is -2.34. The van der Waals surface area contributed by atoms with Gasteiger partial charge in [0.25, 0.3) is 0 Å². The number of hydrogen-bond acceptors (Lipinski definition) is 5. The molecule has 2 heterocycles. The molecular formula is C17H20ClN5O. The van der Waals surface area contributed by atoms with Crippen LogP contribution in [0.2, 0.25) is 5.02 Å². The second-order valence-electron chi connectivity index (χ2n) is 5.69. The summed E-state index contributed by atoms with van der Waals surface area (Å²) >= 11 is 5.90. The van der Waals surface area contributed by atoms with Crippen molar-refractivity contribution >= 4 is 29.1 Å². The molecule has 126 valence electrons. The van der Waals surface area contributed by atoms with Gasteiger partial charge in [0, 0.05) is 17.3 Å². The molecule has 0 bridgehead atoms. The molecule has 1 aliphatic heterocycles. The van der Waals surface area contributed by atoms with Gasteiger partial charge in [-0.3, -0.25) is 4.79 Å². The SMILES string of the molecule is CCc1nnc(NC2CCN(c3ccc(Cl)cc3)C2=O)nc1CC. The minimum absolute atomic E-state index is 0.0125. The summed E-state index contributed by atoms with van der Waals surface area (Å²) in [5.41, 5.74) is 2.68. The van der Waals surface area contributed by atoms with Crippen molar-refractivity contribution in [1.29, 1.82) is 0 Å². The summed E-state index contributed by atoms with van der Waals surface area (Å²) in [7, 11) is 0. The Morgan fingerprint density at radius 1 is 1.17 bits per heavy atom. The highest BCUT2D eigenvalue weighted by Crippen LogP contribution is 2.24. The molecule has 0 spiro atoms. The Balaban J connectivity index is 1.73. The molecule has 1 aromatic heterocycles. The van der Waals surface area contributed by atoms with E-state index < -0.39 is 0 Å². The zero-order chi connectivity index (χ0) is 17.1. The number of amides is 1. The molecule has 24 heavy (non-hydrogen) atoms. The molecule has 1 fully saturated rings. The Morgan fingerprint density at radius 3 is 2.54 bits per heavy atom. The zero-order valence-electron chi connectivity index (χ0n) is 13.8. The summed E-state index contributed by atoms with van der Waals surface area (Å²) in [6.07, 6.45) is 2.29. The quantitative estimate of drug-likeness (QED) is 0.902. The van der Waals surface area contributed by atoms with Crippen LogP contribution in [0.4, 0.5) is 11.6 Å². The van der Waals surface area contributed by atoms with Gasteiger partial charge >= 0.3 is 0 Å². The van der Waals surface area contributed by atoms with Gasteiger partial charge in [0.05, 0.1) is 11.4 Å². The third kappa shape index (κ3) is 3.33. The first-order valence-corrected chi connectivity index (χ1v) is 8.56. The van der Waals surface area contributed by atoms with E-state index in [4.69, 9.17) is 11.6 Å². The van der Waals surface area contributed by atoms with Crippen molar-refractivity contribution in [2.75, 3.05) is 16.8 Å². The van der Waals surface area contributed by atoms with E-state index in [2.05, 4.69) is 20.5 Å². The van der Waals surface area contributed by atoms with Gasteiger partial charge < -0.3 is 10.2 Å². The van der Waals surface area contributed by atoms with Gasteiger partial charge in [-0.2, -0.15) is 5.10 Å². The fourth-order valence-electron chi connectivity index (χ4n) is 2.85. The molecule has 1 atom stereocenters. The topological polar surface area (TPSA) is 71.0 Å². The number of halogens is 1. The molecule has 1 saturated heterocycles.